The summed E-state index contributed by atoms with van der Waals surface area (Å²) in [6.45, 7) is 8.60. The summed E-state index contributed by atoms with van der Waals surface area (Å²) in [5.74, 6) is 0. The van der Waals surface area contributed by atoms with Crippen LogP contribution in [0, 0.1) is 0 Å². The van der Waals surface area contributed by atoms with Crippen LogP contribution in [-0.4, -0.2) is 12.3 Å². The Hall–Kier alpha value is -0.790. The van der Waals surface area contributed by atoms with Crippen LogP contribution in [-0.2, 0) is 4.84 Å². The largest absolute Gasteiger partial charge is 0.396 e. The molecule has 0 aliphatic heterocycles. The van der Waals surface area contributed by atoms with Crippen molar-refractivity contribution in [2.24, 2.45) is 5.16 Å². The Morgan fingerprint density at radius 2 is 1.92 bits per heavy atom. The van der Waals surface area contributed by atoms with Gasteiger partial charge in [-0.2, -0.15) is 0 Å². The van der Waals surface area contributed by atoms with Gasteiger partial charge >= 0.3 is 0 Å². The Kier molecular flexibility index (Phi) is 8.73. The Bertz CT molecular complexity index is 144. The Balaban J connectivity index is 3.66. The van der Waals surface area contributed by atoms with E-state index in [1.54, 1.807) is 0 Å². The van der Waals surface area contributed by atoms with E-state index in [9.17, 15) is 0 Å². The maximum Gasteiger partial charge on any atom is 0.120 e. The molecular formula is C11H21NO. The molecule has 0 rings (SSSR count). The second-order valence-corrected chi connectivity index (χ2v) is 3.07. The van der Waals surface area contributed by atoms with Gasteiger partial charge < -0.3 is 4.84 Å². The molecule has 0 aromatic rings. The lowest BCUT2D eigenvalue weighted by molar-refractivity contribution is 0.148. The fraction of sp³-hybridized carbons (Fsp3) is 0.727. The van der Waals surface area contributed by atoms with Crippen molar-refractivity contribution in [1.29, 1.82) is 0 Å². The summed E-state index contributed by atoms with van der Waals surface area (Å²) >= 11 is 0. The SMILES string of the molecule is C=CCCON=C(CCC)CCC. The zero-order valence-electron chi connectivity index (χ0n) is 8.88. The van der Waals surface area contributed by atoms with Crippen molar-refractivity contribution in [2.45, 2.75) is 46.0 Å². The van der Waals surface area contributed by atoms with E-state index in [4.69, 9.17) is 4.84 Å². The molecule has 0 fully saturated rings. The van der Waals surface area contributed by atoms with Gasteiger partial charge in [0, 0.05) is 6.42 Å². The average Bonchev–Trinajstić information content (AvgIpc) is 2.13. The minimum Gasteiger partial charge on any atom is -0.396 e. The normalized spacial score (nSPS) is 9.38. The molecule has 0 heterocycles. The predicted octanol–water partition coefficient (Wildman–Crippen LogP) is 3.54. The van der Waals surface area contributed by atoms with E-state index in [0.29, 0.717) is 6.61 Å². The third-order valence-corrected chi connectivity index (χ3v) is 1.68. The Morgan fingerprint density at radius 3 is 2.38 bits per heavy atom. The highest BCUT2D eigenvalue weighted by Crippen LogP contribution is 2.01. The van der Waals surface area contributed by atoms with Gasteiger partial charge in [-0.1, -0.05) is 37.9 Å². The van der Waals surface area contributed by atoms with Crippen LogP contribution < -0.4 is 0 Å². The van der Waals surface area contributed by atoms with Crippen molar-refractivity contribution in [1.82, 2.24) is 0 Å². The van der Waals surface area contributed by atoms with E-state index >= 15 is 0 Å². The predicted molar refractivity (Wildman–Crippen MR) is 58.0 cm³/mol. The van der Waals surface area contributed by atoms with E-state index in [1.165, 1.54) is 5.71 Å². The van der Waals surface area contributed by atoms with Gasteiger partial charge in [0.05, 0.1) is 5.71 Å². The third-order valence-electron chi connectivity index (χ3n) is 1.68. The summed E-state index contributed by atoms with van der Waals surface area (Å²) in [5.41, 5.74) is 1.19. The highest BCUT2D eigenvalue weighted by Gasteiger charge is 1.96. The van der Waals surface area contributed by atoms with E-state index in [0.717, 1.165) is 32.1 Å². The first-order valence-electron chi connectivity index (χ1n) is 5.13. The lowest BCUT2D eigenvalue weighted by atomic mass is 10.1. The molecule has 0 N–H and O–H groups in total. The van der Waals surface area contributed by atoms with Crippen molar-refractivity contribution >= 4 is 5.71 Å². The molecule has 0 amide bonds. The lowest BCUT2D eigenvalue weighted by Gasteiger charge is -2.02. The van der Waals surface area contributed by atoms with Crippen molar-refractivity contribution in [3.05, 3.63) is 12.7 Å². The fourth-order valence-electron chi connectivity index (χ4n) is 1.07. The summed E-state index contributed by atoms with van der Waals surface area (Å²) in [6, 6.07) is 0. The monoisotopic (exact) mass is 183 g/mol. The molecule has 2 heteroatoms. The quantitative estimate of drug-likeness (QED) is 0.244. The van der Waals surface area contributed by atoms with Crippen LogP contribution in [0.4, 0.5) is 0 Å². The molecule has 0 aromatic carbocycles. The zero-order valence-corrected chi connectivity index (χ0v) is 8.88. The molecular weight excluding hydrogens is 162 g/mol. The van der Waals surface area contributed by atoms with Crippen LogP contribution in [0.5, 0.6) is 0 Å². The van der Waals surface area contributed by atoms with Crippen LogP contribution in [0.25, 0.3) is 0 Å². The molecule has 0 saturated carbocycles. The van der Waals surface area contributed by atoms with Gasteiger partial charge in [-0.25, -0.2) is 0 Å². The van der Waals surface area contributed by atoms with Gasteiger partial charge in [-0.05, 0) is 12.8 Å². The molecule has 0 saturated heterocycles. The summed E-state index contributed by atoms with van der Waals surface area (Å²) < 4.78 is 0. The third kappa shape index (κ3) is 7.57. The van der Waals surface area contributed by atoms with Crippen molar-refractivity contribution in [2.75, 3.05) is 6.61 Å². The number of rotatable bonds is 8. The van der Waals surface area contributed by atoms with Crippen LogP contribution in [0.2, 0.25) is 0 Å². The minimum absolute atomic E-state index is 0.653. The standard InChI is InChI=1S/C11H21NO/c1-4-7-10-13-12-11(8-5-2)9-6-3/h4H,1,5-10H2,2-3H3. The van der Waals surface area contributed by atoms with Gasteiger partial charge in [-0.3, -0.25) is 0 Å². The molecule has 0 aliphatic rings. The molecule has 0 atom stereocenters. The molecule has 0 aromatic heterocycles. The van der Waals surface area contributed by atoms with Gasteiger partial charge in [-0.15, -0.1) is 6.58 Å². The lowest BCUT2D eigenvalue weighted by Crippen LogP contribution is -1.99. The maximum atomic E-state index is 5.16. The van der Waals surface area contributed by atoms with Gasteiger partial charge in [0.2, 0.25) is 0 Å². The summed E-state index contributed by atoms with van der Waals surface area (Å²) in [4.78, 5) is 5.16. The van der Waals surface area contributed by atoms with E-state index < -0.39 is 0 Å². The van der Waals surface area contributed by atoms with Crippen LogP contribution in [0.15, 0.2) is 17.8 Å². The zero-order chi connectivity index (χ0) is 9.94. The molecule has 76 valence electrons. The maximum absolute atomic E-state index is 5.16. The first-order valence-corrected chi connectivity index (χ1v) is 5.13. The summed E-state index contributed by atoms with van der Waals surface area (Å²) in [7, 11) is 0. The van der Waals surface area contributed by atoms with Crippen LogP contribution in [0.1, 0.15) is 46.0 Å². The smallest absolute Gasteiger partial charge is 0.120 e. The second-order valence-electron chi connectivity index (χ2n) is 3.07. The number of hydrogen-bond acceptors (Lipinski definition) is 2. The highest BCUT2D eigenvalue weighted by molar-refractivity contribution is 5.83. The van der Waals surface area contributed by atoms with Crippen molar-refractivity contribution in [3.63, 3.8) is 0 Å². The van der Waals surface area contributed by atoms with Gasteiger partial charge in [0.25, 0.3) is 0 Å². The molecule has 0 aliphatic carbocycles. The first kappa shape index (κ1) is 12.2. The van der Waals surface area contributed by atoms with Gasteiger partial charge in [0.1, 0.15) is 6.61 Å². The van der Waals surface area contributed by atoms with Crippen LogP contribution in [0.3, 0.4) is 0 Å². The second kappa shape index (κ2) is 9.30. The summed E-state index contributed by atoms with van der Waals surface area (Å²) in [5, 5.41) is 4.11. The van der Waals surface area contributed by atoms with E-state index in [2.05, 4.69) is 25.6 Å². The Morgan fingerprint density at radius 1 is 1.31 bits per heavy atom. The minimum atomic E-state index is 0.653. The van der Waals surface area contributed by atoms with E-state index in [-0.39, 0.29) is 0 Å². The molecule has 2 nitrogen and oxygen atoms in total. The van der Waals surface area contributed by atoms with Crippen molar-refractivity contribution in [3.8, 4) is 0 Å². The number of oxime groups is 1. The topological polar surface area (TPSA) is 21.6 Å². The Labute approximate surface area is 81.7 Å². The molecule has 0 unspecified atom stereocenters. The highest BCUT2D eigenvalue weighted by atomic mass is 16.6. The number of hydrogen-bond donors (Lipinski definition) is 0. The molecule has 0 radical (unpaired) electrons. The molecule has 13 heavy (non-hydrogen) atoms. The van der Waals surface area contributed by atoms with Gasteiger partial charge in [0.15, 0.2) is 0 Å². The molecule has 0 bridgehead atoms. The van der Waals surface area contributed by atoms with Crippen LogP contribution >= 0.6 is 0 Å². The number of nitrogens with zero attached hydrogens (tertiary/aromatic N) is 1. The van der Waals surface area contributed by atoms with Crippen molar-refractivity contribution < 1.29 is 4.84 Å². The van der Waals surface area contributed by atoms with E-state index in [1.807, 2.05) is 6.08 Å². The first-order chi connectivity index (χ1) is 6.35. The summed E-state index contributed by atoms with van der Waals surface area (Å²) in [6.07, 6.45) is 7.11. The molecule has 0 spiro atoms. The fourth-order valence-corrected chi connectivity index (χ4v) is 1.07. The average molecular weight is 183 g/mol.